The van der Waals surface area contributed by atoms with Crippen molar-refractivity contribution in [3.05, 3.63) is 0 Å². The van der Waals surface area contributed by atoms with Crippen molar-refractivity contribution in [1.29, 1.82) is 0 Å². The summed E-state index contributed by atoms with van der Waals surface area (Å²) in [5, 5.41) is 1.70. The van der Waals surface area contributed by atoms with Crippen molar-refractivity contribution in [1.82, 2.24) is 5.01 Å². The van der Waals surface area contributed by atoms with Crippen LogP contribution in [0.5, 0.6) is 0 Å². The first-order valence-corrected chi connectivity index (χ1v) is 2.04. The van der Waals surface area contributed by atoms with E-state index < -0.39 is 0 Å². The van der Waals surface area contributed by atoms with E-state index in [0.29, 0.717) is 6.04 Å². The monoisotopic (exact) mass is 87.1 g/mol. The molecule has 1 aliphatic heterocycles. The minimum absolute atomic E-state index is 0.343. The number of rotatable bonds is 0. The van der Waals surface area contributed by atoms with Crippen LogP contribution < -0.4 is 11.6 Å². The molecule has 6 heavy (non-hydrogen) atoms. The first-order chi connectivity index (χ1) is 2.79. The van der Waals surface area contributed by atoms with Gasteiger partial charge in [0.2, 0.25) is 0 Å². The Bertz CT molecular complexity index is 42.0. The fraction of sp³-hybridized carbons (Fsp3) is 1.00. The molecule has 0 aromatic heterocycles. The molecule has 0 saturated carbocycles. The largest absolute Gasteiger partial charge is 0.325 e. The minimum Gasteiger partial charge on any atom is -0.325 e. The molecule has 0 aromatic carbocycles. The Kier molecular flexibility index (Phi) is 0.799. The summed E-state index contributed by atoms with van der Waals surface area (Å²) >= 11 is 0. The summed E-state index contributed by atoms with van der Waals surface area (Å²) in [7, 11) is 0. The zero-order valence-electron chi connectivity index (χ0n) is 3.59. The SMILES string of the molecule is NC1CN(N)C1. The van der Waals surface area contributed by atoms with E-state index in [1.54, 1.807) is 5.01 Å². The fourth-order valence-electron chi connectivity index (χ4n) is 0.549. The van der Waals surface area contributed by atoms with Gasteiger partial charge in [-0.05, 0) is 0 Å². The van der Waals surface area contributed by atoms with Gasteiger partial charge in [-0.1, -0.05) is 0 Å². The van der Waals surface area contributed by atoms with Crippen LogP contribution in [0.3, 0.4) is 0 Å². The molecule has 1 saturated heterocycles. The highest BCUT2D eigenvalue weighted by Crippen LogP contribution is 1.94. The topological polar surface area (TPSA) is 55.3 Å². The average Bonchev–Trinajstić information content (AvgIpc) is 1.33. The second kappa shape index (κ2) is 1.18. The van der Waals surface area contributed by atoms with Gasteiger partial charge in [0, 0.05) is 19.1 Å². The average molecular weight is 87.1 g/mol. The third-order valence-corrected chi connectivity index (χ3v) is 0.938. The Morgan fingerprint density at radius 2 is 2.00 bits per heavy atom. The van der Waals surface area contributed by atoms with Crippen molar-refractivity contribution in [2.24, 2.45) is 11.6 Å². The van der Waals surface area contributed by atoms with Gasteiger partial charge in [-0.3, -0.25) is 5.84 Å². The molecular weight excluding hydrogens is 78.1 g/mol. The van der Waals surface area contributed by atoms with Crippen LogP contribution in [0.25, 0.3) is 0 Å². The second-order valence-corrected chi connectivity index (χ2v) is 1.71. The van der Waals surface area contributed by atoms with Crippen molar-refractivity contribution >= 4 is 0 Å². The molecule has 1 aliphatic rings. The van der Waals surface area contributed by atoms with Gasteiger partial charge in [-0.25, -0.2) is 5.01 Å². The summed E-state index contributed by atoms with van der Waals surface area (Å²) in [6.45, 7) is 1.72. The maximum Gasteiger partial charge on any atom is 0.0325 e. The molecule has 0 aliphatic carbocycles. The normalized spacial score (nSPS) is 27.0. The lowest BCUT2D eigenvalue weighted by molar-refractivity contribution is 0.154. The van der Waals surface area contributed by atoms with Gasteiger partial charge in [0.25, 0.3) is 0 Å². The lowest BCUT2D eigenvalue weighted by Crippen LogP contribution is -2.58. The summed E-state index contributed by atoms with van der Waals surface area (Å²) < 4.78 is 0. The highest BCUT2D eigenvalue weighted by molar-refractivity contribution is 4.77. The summed E-state index contributed by atoms with van der Waals surface area (Å²) in [6.07, 6.45) is 0. The maximum atomic E-state index is 5.35. The van der Waals surface area contributed by atoms with E-state index in [-0.39, 0.29) is 0 Å². The van der Waals surface area contributed by atoms with Gasteiger partial charge < -0.3 is 5.73 Å². The van der Waals surface area contributed by atoms with Gasteiger partial charge in [0.05, 0.1) is 0 Å². The zero-order valence-corrected chi connectivity index (χ0v) is 3.59. The molecule has 3 nitrogen and oxygen atoms in total. The molecule has 0 atom stereocenters. The van der Waals surface area contributed by atoms with Crippen molar-refractivity contribution in [3.63, 3.8) is 0 Å². The van der Waals surface area contributed by atoms with Crippen LogP contribution in [0.2, 0.25) is 0 Å². The lowest BCUT2D eigenvalue weighted by atomic mass is 10.2. The molecule has 1 fully saturated rings. The van der Waals surface area contributed by atoms with E-state index in [1.807, 2.05) is 0 Å². The predicted molar refractivity (Wildman–Crippen MR) is 23.7 cm³/mol. The van der Waals surface area contributed by atoms with Crippen LogP contribution >= 0.6 is 0 Å². The number of hydrogen-bond donors (Lipinski definition) is 2. The second-order valence-electron chi connectivity index (χ2n) is 1.71. The number of nitrogens with zero attached hydrogens (tertiary/aromatic N) is 1. The number of hydrogen-bond acceptors (Lipinski definition) is 3. The van der Waals surface area contributed by atoms with Crippen molar-refractivity contribution in [3.8, 4) is 0 Å². The van der Waals surface area contributed by atoms with E-state index in [9.17, 15) is 0 Å². The molecule has 4 N–H and O–H groups in total. The Morgan fingerprint density at radius 3 is 2.00 bits per heavy atom. The van der Waals surface area contributed by atoms with E-state index in [4.69, 9.17) is 11.6 Å². The minimum atomic E-state index is 0.343. The fourth-order valence-corrected chi connectivity index (χ4v) is 0.549. The van der Waals surface area contributed by atoms with Crippen LogP contribution in [-0.2, 0) is 0 Å². The Labute approximate surface area is 36.9 Å². The number of hydrazine groups is 1. The molecule has 0 aromatic rings. The molecule has 36 valence electrons. The first kappa shape index (κ1) is 4.05. The van der Waals surface area contributed by atoms with Crippen LogP contribution in [0, 0.1) is 0 Å². The molecule has 0 amide bonds. The summed E-state index contributed by atoms with van der Waals surface area (Å²) in [6, 6.07) is 0.343. The number of nitrogens with two attached hydrogens (primary N) is 2. The van der Waals surface area contributed by atoms with Gasteiger partial charge in [-0.2, -0.15) is 0 Å². The van der Waals surface area contributed by atoms with E-state index >= 15 is 0 Å². The maximum absolute atomic E-state index is 5.35. The molecule has 3 heteroatoms. The highest BCUT2D eigenvalue weighted by Gasteiger charge is 2.18. The van der Waals surface area contributed by atoms with Crippen molar-refractivity contribution < 1.29 is 0 Å². The third-order valence-electron chi connectivity index (χ3n) is 0.938. The molecular formula is C3H9N3. The van der Waals surface area contributed by atoms with Gasteiger partial charge >= 0.3 is 0 Å². The van der Waals surface area contributed by atoms with Crippen LogP contribution in [0.1, 0.15) is 0 Å². The lowest BCUT2D eigenvalue weighted by Gasteiger charge is -2.31. The summed E-state index contributed by atoms with van der Waals surface area (Å²) in [5.74, 6) is 5.22. The van der Waals surface area contributed by atoms with Gasteiger partial charge in [0.1, 0.15) is 0 Å². The Morgan fingerprint density at radius 1 is 1.50 bits per heavy atom. The van der Waals surface area contributed by atoms with Crippen molar-refractivity contribution in [2.45, 2.75) is 6.04 Å². The quantitative estimate of drug-likeness (QED) is 0.354. The smallest absolute Gasteiger partial charge is 0.0325 e. The molecule has 0 unspecified atom stereocenters. The Hall–Kier alpha value is -0.120. The van der Waals surface area contributed by atoms with Crippen LogP contribution in [0.4, 0.5) is 0 Å². The van der Waals surface area contributed by atoms with Gasteiger partial charge in [-0.15, -0.1) is 0 Å². The molecule has 0 radical (unpaired) electrons. The summed E-state index contributed by atoms with van der Waals surface area (Å²) in [4.78, 5) is 0. The van der Waals surface area contributed by atoms with Gasteiger partial charge in [0.15, 0.2) is 0 Å². The predicted octanol–water partition coefficient (Wildman–Crippen LogP) is -1.50. The molecule has 1 heterocycles. The van der Waals surface area contributed by atoms with Crippen LogP contribution in [-0.4, -0.2) is 24.1 Å². The summed E-state index contributed by atoms with van der Waals surface area (Å²) in [5.41, 5.74) is 5.35. The van der Waals surface area contributed by atoms with E-state index in [1.165, 1.54) is 0 Å². The molecule has 0 spiro atoms. The highest BCUT2D eigenvalue weighted by atomic mass is 15.4. The van der Waals surface area contributed by atoms with Crippen molar-refractivity contribution in [2.75, 3.05) is 13.1 Å². The standard InChI is InChI=1S/C3H9N3/c4-3-1-6(5)2-3/h3H,1-2,4-5H2. The third kappa shape index (κ3) is 0.518. The Balaban J connectivity index is 2.11. The molecule has 1 rings (SSSR count). The first-order valence-electron chi connectivity index (χ1n) is 2.04. The molecule has 0 bridgehead atoms. The van der Waals surface area contributed by atoms with E-state index in [2.05, 4.69) is 0 Å². The van der Waals surface area contributed by atoms with E-state index in [0.717, 1.165) is 13.1 Å². The van der Waals surface area contributed by atoms with Crippen LogP contribution in [0.15, 0.2) is 0 Å². The zero-order chi connectivity index (χ0) is 4.57.